The Bertz CT molecular complexity index is 573. The summed E-state index contributed by atoms with van der Waals surface area (Å²) in [7, 11) is 1.64. The number of benzene rings is 1. The lowest BCUT2D eigenvalue weighted by molar-refractivity contribution is 0.414. The molecule has 0 aliphatic rings. The van der Waals surface area contributed by atoms with Gasteiger partial charge in [-0.25, -0.2) is 4.98 Å². The van der Waals surface area contributed by atoms with Gasteiger partial charge in [0.2, 0.25) is 0 Å². The highest BCUT2D eigenvalue weighted by atomic mass is 16.5. The van der Waals surface area contributed by atoms with Crippen LogP contribution in [0.25, 0.3) is 0 Å². The predicted molar refractivity (Wildman–Crippen MR) is 70.0 cm³/mol. The highest BCUT2D eigenvalue weighted by Gasteiger charge is 2.02. The number of H-pyrrole nitrogens is 1. The van der Waals surface area contributed by atoms with Gasteiger partial charge in [-0.05, 0) is 24.1 Å². The Balaban J connectivity index is 2.22. The zero-order valence-electron chi connectivity index (χ0n) is 10.6. The summed E-state index contributed by atoms with van der Waals surface area (Å²) < 4.78 is 5.10. The van der Waals surface area contributed by atoms with Crippen LogP contribution in [-0.4, -0.2) is 17.1 Å². The zero-order chi connectivity index (χ0) is 13.0. The Hall–Kier alpha value is -2.10. The van der Waals surface area contributed by atoms with Crippen LogP contribution in [0.1, 0.15) is 24.0 Å². The summed E-state index contributed by atoms with van der Waals surface area (Å²) in [4.78, 5) is 18.6. The van der Waals surface area contributed by atoms with E-state index in [1.165, 1.54) is 6.07 Å². The number of aromatic amines is 1. The summed E-state index contributed by atoms with van der Waals surface area (Å²) in [6.07, 6.45) is 1.38. The van der Waals surface area contributed by atoms with Gasteiger partial charge in [-0.15, -0.1) is 0 Å². The van der Waals surface area contributed by atoms with Crippen molar-refractivity contribution in [3.8, 4) is 5.75 Å². The first-order valence-electron chi connectivity index (χ1n) is 5.93. The van der Waals surface area contributed by atoms with Crippen LogP contribution in [0.3, 0.4) is 0 Å². The number of rotatable bonds is 4. The van der Waals surface area contributed by atoms with Gasteiger partial charge in [0, 0.05) is 18.2 Å². The number of hydrogen-bond acceptors (Lipinski definition) is 3. The van der Waals surface area contributed by atoms with Gasteiger partial charge in [0.25, 0.3) is 5.56 Å². The first kappa shape index (κ1) is 12.4. The van der Waals surface area contributed by atoms with Crippen LogP contribution in [0, 0.1) is 0 Å². The largest absolute Gasteiger partial charge is 0.497 e. The minimum Gasteiger partial charge on any atom is -0.497 e. The molecule has 1 aromatic heterocycles. The molecule has 94 valence electrons. The monoisotopic (exact) mass is 244 g/mol. The quantitative estimate of drug-likeness (QED) is 0.894. The third-order valence-corrected chi connectivity index (χ3v) is 2.74. The van der Waals surface area contributed by atoms with Gasteiger partial charge in [-0.2, -0.15) is 0 Å². The second-order valence-corrected chi connectivity index (χ2v) is 4.06. The molecule has 0 amide bonds. The summed E-state index contributed by atoms with van der Waals surface area (Å²) in [5.41, 5.74) is 1.82. The molecule has 4 nitrogen and oxygen atoms in total. The van der Waals surface area contributed by atoms with Crippen LogP contribution in [0.15, 0.2) is 35.1 Å². The van der Waals surface area contributed by atoms with Crippen molar-refractivity contribution in [3.63, 3.8) is 0 Å². The highest BCUT2D eigenvalue weighted by Crippen LogP contribution is 2.13. The van der Waals surface area contributed by atoms with E-state index in [1.807, 2.05) is 31.2 Å². The van der Waals surface area contributed by atoms with Gasteiger partial charge in [0.05, 0.1) is 7.11 Å². The molecule has 0 saturated carbocycles. The summed E-state index contributed by atoms with van der Waals surface area (Å²) in [5, 5.41) is 0. The van der Waals surface area contributed by atoms with Crippen LogP contribution in [0.4, 0.5) is 0 Å². The Morgan fingerprint density at radius 2 is 2.00 bits per heavy atom. The van der Waals surface area contributed by atoms with E-state index in [9.17, 15) is 4.79 Å². The topological polar surface area (TPSA) is 55.0 Å². The maximum atomic E-state index is 11.4. The predicted octanol–water partition coefficient (Wildman–Crippen LogP) is 1.93. The van der Waals surface area contributed by atoms with Crippen molar-refractivity contribution in [3.05, 3.63) is 57.8 Å². The van der Waals surface area contributed by atoms with Crippen molar-refractivity contribution in [2.24, 2.45) is 0 Å². The van der Waals surface area contributed by atoms with Gasteiger partial charge in [0.1, 0.15) is 11.6 Å². The van der Waals surface area contributed by atoms with Crippen LogP contribution in [-0.2, 0) is 12.8 Å². The third kappa shape index (κ3) is 2.97. The molecule has 1 heterocycles. The number of nitrogens with zero attached hydrogens (tertiary/aromatic N) is 1. The molecule has 4 heteroatoms. The van der Waals surface area contributed by atoms with E-state index in [0.29, 0.717) is 12.2 Å². The van der Waals surface area contributed by atoms with E-state index < -0.39 is 0 Å². The van der Waals surface area contributed by atoms with Crippen molar-refractivity contribution in [1.82, 2.24) is 9.97 Å². The van der Waals surface area contributed by atoms with E-state index in [4.69, 9.17) is 4.74 Å². The van der Waals surface area contributed by atoms with Gasteiger partial charge in [-0.1, -0.05) is 19.1 Å². The molecule has 0 fully saturated rings. The molecule has 1 aromatic carbocycles. The van der Waals surface area contributed by atoms with Crippen molar-refractivity contribution in [2.75, 3.05) is 7.11 Å². The average Bonchev–Trinajstić information content (AvgIpc) is 2.39. The van der Waals surface area contributed by atoms with Crippen molar-refractivity contribution in [2.45, 2.75) is 19.8 Å². The van der Waals surface area contributed by atoms with Gasteiger partial charge < -0.3 is 9.72 Å². The van der Waals surface area contributed by atoms with Crippen LogP contribution < -0.4 is 10.3 Å². The lowest BCUT2D eigenvalue weighted by Gasteiger charge is -2.04. The summed E-state index contributed by atoms with van der Waals surface area (Å²) in [6.45, 7) is 1.99. The molecule has 0 spiro atoms. The number of hydrogen-bond donors (Lipinski definition) is 1. The van der Waals surface area contributed by atoms with Crippen molar-refractivity contribution in [1.29, 1.82) is 0 Å². The molecule has 18 heavy (non-hydrogen) atoms. The summed E-state index contributed by atoms with van der Waals surface area (Å²) in [6, 6.07) is 9.28. The molecule has 0 saturated heterocycles. The maximum Gasteiger partial charge on any atom is 0.251 e. The zero-order valence-corrected chi connectivity index (χ0v) is 10.6. The molecule has 0 unspecified atom stereocenters. The number of nitrogens with one attached hydrogen (secondary N) is 1. The van der Waals surface area contributed by atoms with Gasteiger partial charge in [0.15, 0.2) is 0 Å². The smallest absolute Gasteiger partial charge is 0.251 e. The Kier molecular flexibility index (Phi) is 3.77. The molecule has 0 atom stereocenters. The minimum absolute atomic E-state index is 0.0923. The minimum atomic E-state index is -0.0923. The van der Waals surface area contributed by atoms with E-state index in [2.05, 4.69) is 9.97 Å². The summed E-state index contributed by atoms with van der Waals surface area (Å²) in [5.74, 6) is 1.52. The van der Waals surface area contributed by atoms with E-state index in [1.54, 1.807) is 7.11 Å². The molecule has 0 radical (unpaired) electrons. The van der Waals surface area contributed by atoms with Gasteiger partial charge in [-0.3, -0.25) is 4.79 Å². The molecular formula is C14H16N2O2. The average molecular weight is 244 g/mol. The summed E-state index contributed by atoms with van der Waals surface area (Å²) >= 11 is 0. The molecule has 0 aliphatic heterocycles. The lowest BCUT2D eigenvalue weighted by Crippen LogP contribution is -2.12. The molecule has 1 N–H and O–H groups in total. The second kappa shape index (κ2) is 5.49. The first-order chi connectivity index (χ1) is 8.71. The Labute approximate surface area is 106 Å². The van der Waals surface area contributed by atoms with Crippen molar-refractivity contribution < 1.29 is 4.74 Å². The van der Waals surface area contributed by atoms with E-state index >= 15 is 0 Å². The lowest BCUT2D eigenvalue weighted by atomic mass is 10.1. The standard InChI is InChI=1S/C14H16N2O2/c1-3-11-9-14(17)16-13(15-11)8-10-4-6-12(18-2)7-5-10/h4-7,9H,3,8H2,1-2H3,(H,15,16,17). The van der Waals surface area contributed by atoms with Crippen LogP contribution in [0.2, 0.25) is 0 Å². The SMILES string of the molecule is CCc1cc(=O)[nH]c(Cc2ccc(OC)cc2)n1. The first-order valence-corrected chi connectivity index (χ1v) is 5.93. The fourth-order valence-corrected chi connectivity index (χ4v) is 1.76. The number of methoxy groups -OCH3 is 1. The Morgan fingerprint density at radius 1 is 1.28 bits per heavy atom. The van der Waals surface area contributed by atoms with Crippen LogP contribution >= 0.6 is 0 Å². The van der Waals surface area contributed by atoms with Crippen LogP contribution in [0.5, 0.6) is 5.75 Å². The maximum absolute atomic E-state index is 11.4. The number of aromatic nitrogens is 2. The fraction of sp³-hybridized carbons (Fsp3) is 0.286. The van der Waals surface area contributed by atoms with Crippen molar-refractivity contribution >= 4 is 0 Å². The molecule has 0 aliphatic carbocycles. The van der Waals surface area contributed by atoms with E-state index in [0.717, 1.165) is 23.4 Å². The molecule has 2 aromatic rings. The molecular weight excluding hydrogens is 228 g/mol. The second-order valence-electron chi connectivity index (χ2n) is 4.06. The molecule has 0 bridgehead atoms. The fourth-order valence-electron chi connectivity index (χ4n) is 1.76. The third-order valence-electron chi connectivity index (χ3n) is 2.74. The van der Waals surface area contributed by atoms with E-state index in [-0.39, 0.29) is 5.56 Å². The number of aryl methyl sites for hydroxylation is 1. The molecule has 2 rings (SSSR count). The van der Waals surface area contributed by atoms with Gasteiger partial charge >= 0.3 is 0 Å². The highest BCUT2D eigenvalue weighted by molar-refractivity contribution is 5.28. The Morgan fingerprint density at radius 3 is 2.61 bits per heavy atom. The number of ether oxygens (including phenoxy) is 1. The normalized spacial score (nSPS) is 10.3.